The van der Waals surface area contributed by atoms with Crippen molar-refractivity contribution in [3.63, 3.8) is 0 Å². The molecule has 1 rings (SSSR count). The molecule has 0 aliphatic rings. The molecule has 2 N–H and O–H groups in total. The van der Waals surface area contributed by atoms with Crippen molar-refractivity contribution >= 4 is 5.78 Å². The fourth-order valence-corrected chi connectivity index (χ4v) is 0.811. The molecule has 0 bridgehead atoms. The Balaban J connectivity index is 2.78. The fourth-order valence-electron chi connectivity index (χ4n) is 0.811. The Morgan fingerprint density at radius 2 is 2.50 bits per heavy atom. The Morgan fingerprint density at radius 3 is 2.92 bits per heavy atom. The van der Waals surface area contributed by atoms with Gasteiger partial charge in [-0.2, -0.15) is 0 Å². The summed E-state index contributed by atoms with van der Waals surface area (Å²) in [5.41, 5.74) is 6.20. The minimum Gasteiger partial charge on any atom is -0.442 e. The average Bonchev–Trinajstić information content (AvgIpc) is 2.49. The van der Waals surface area contributed by atoms with Crippen molar-refractivity contribution in [1.82, 2.24) is 4.98 Å². The Labute approximate surface area is 70.8 Å². The minimum atomic E-state index is -0.497. The van der Waals surface area contributed by atoms with E-state index in [0.717, 1.165) is 0 Å². The molecule has 0 saturated heterocycles. The van der Waals surface area contributed by atoms with Crippen LogP contribution < -0.4 is 5.73 Å². The zero-order valence-corrected chi connectivity index (χ0v) is 7.20. The number of nitrogens with two attached hydrogens (primary N) is 1. The van der Waals surface area contributed by atoms with Crippen molar-refractivity contribution in [1.29, 1.82) is 0 Å². The van der Waals surface area contributed by atoms with Gasteiger partial charge in [0.25, 0.3) is 5.89 Å². The number of aromatic nitrogens is 1. The third-order valence-corrected chi connectivity index (χ3v) is 1.61. The molecule has 0 amide bonds. The van der Waals surface area contributed by atoms with E-state index in [0.29, 0.717) is 12.1 Å². The number of hydrogen-bond donors (Lipinski definition) is 1. The van der Waals surface area contributed by atoms with Gasteiger partial charge in [-0.25, -0.2) is 4.98 Å². The molecule has 0 aliphatic heterocycles. The van der Waals surface area contributed by atoms with E-state index >= 15 is 0 Å². The van der Waals surface area contributed by atoms with E-state index in [1.165, 1.54) is 6.26 Å². The van der Waals surface area contributed by atoms with Crippen LogP contribution in [0.2, 0.25) is 0 Å². The van der Waals surface area contributed by atoms with Crippen LogP contribution in [0.5, 0.6) is 0 Å². The molecule has 0 spiro atoms. The van der Waals surface area contributed by atoms with Crippen molar-refractivity contribution in [2.45, 2.75) is 26.3 Å². The van der Waals surface area contributed by atoms with Crippen molar-refractivity contribution < 1.29 is 9.21 Å². The maximum atomic E-state index is 11.3. The highest BCUT2D eigenvalue weighted by Gasteiger charge is 2.18. The third kappa shape index (κ3) is 1.71. The van der Waals surface area contributed by atoms with Gasteiger partial charge < -0.3 is 10.2 Å². The zero-order chi connectivity index (χ0) is 9.14. The summed E-state index contributed by atoms with van der Waals surface area (Å²) in [6.07, 6.45) is 2.04. The first-order valence-electron chi connectivity index (χ1n) is 3.87. The molecule has 12 heavy (non-hydrogen) atoms. The molecule has 1 atom stereocenters. The third-order valence-electron chi connectivity index (χ3n) is 1.61. The predicted octanol–water partition coefficient (Wildman–Crippen LogP) is 0.903. The smallest absolute Gasteiger partial charge is 0.265 e. The largest absolute Gasteiger partial charge is 0.442 e. The normalized spacial score (nSPS) is 12.9. The summed E-state index contributed by atoms with van der Waals surface area (Å²) in [6, 6.07) is -0.497. The van der Waals surface area contributed by atoms with Crippen LogP contribution in [0.25, 0.3) is 0 Å². The molecular formula is C8H12N2O2. The highest BCUT2D eigenvalue weighted by molar-refractivity contribution is 5.95. The molecule has 4 heteroatoms. The molecule has 66 valence electrons. The lowest BCUT2D eigenvalue weighted by molar-refractivity contribution is 0.0925. The van der Waals surface area contributed by atoms with Gasteiger partial charge in [0.1, 0.15) is 6.26 Å². The predicted molar refractivity (Wildman–Crippen MR) is 43.8 cm³/mol. The summed E-state index contributed by atoms with van der Waals surface area (Å²) in [7, 11) is 0. The van der Waals surface area contributed by atoms with Gasteiger partial charge in [0, 0.05) is 0 Å². The maximum absolute atomic E-state index is 11.3. The lowest BCUT2D eigenvalue weighted by atomic mass is 10.1. The second kappa shape index (κ2) is 3.49. The van der Waals surface area contributed by atoms with Crippen LogP contribution in [0.3, 0.4) is 0 Å². The van der Waals surface area contributed by atoms with Crippen LogP contribution in [-0.4, -0.2) is 16.8 Å². The second-order valence-corrected chi connectivity index (χ2v) is 2.67. The Bertz CT molecular complexity index is 280. The minimum absolute atomic E-state index is 0.113. The molecule has 4 nitrogen and oxygen atoms in total. The lowest BCUT2D eigenvalue weighted by Gasteiger charge is -2.02. The van der Waals surface area contributed by atoms with Crippen LogP contribution in [0.15, 0.2) is 10.7 Å². The van der Waals surface area contributed by atoms with Gasteiger partial charge >= 0.3 is 0 Å². The van der Waals surface area contributed by atoms with Gasteiger partial charge in [0.15, 0.2) is 0 Å². The molecule has 0 radical (unpaired) electrons. The Kier molecular flexibility index (Phi) is 2.60. The quantitative estimate of drug-likeness (QED) is 0.681. The van der Waals surface area contributed by atoms with Gasteiger partial charge in [-0.15, -0.1) is 0 Å². The van der Waals surface area contributed by atoms with Gasteiger partial charge in [0.2, 0.25) is 5.78 Å². The van der Waals surface area contributed by atoms with E-state index in [9.17, 15) is 4.79 Å². The van der Waals surface area contributed by atoms with Crippen LogP contribution in [0.4, 0.5) is 0 Å². The first kappa shape index (κ1) is 8.93. The fraction of sp³-hybridized carbons (Fsp3) is 0.500. The molecule has 1 aromatic heterocycles. The number of ketones is 1. The van der Waals surface area contributed by atoms with Crippen molar-refractivity contribution in [2.75, 3.05) is 0 Å². The van der Waals surface area contributed by atoms with Crippen LogP contribution in [0, 0.1) is 6.92 Å². The first-order chi connectivity index (χ1) is 5.65. The Hall–Kier alpha value is -1.16. The number of hydrogen-bond acceptors (Lipinski definition) is 4. The average molecular weight is 168 g/mol. The standard InChI is InChI=1S/C8H12N2O2/c1-3-6(9)7(11)8-10-5(2)4-12-8/h4,6H,3,9H2,1-2H3. The van der Waals surface area contributed by atoms with Crippen molar-refractivity contribution in [3.05, 3.63) is 17.8 Å². The van der Waals surface area contributed by atoms with E-state index in [2.05, 4.69) is 4.98 Å². The van der Waals surface area contributed by atoms with E-state index in [4.69, 9.17) is 10.2 Å². The van der Waals surface area contributed by atoms with Crippen LogP contribution >= 0.6 is 0 Å². The number of carbonyl (C=O) groups excluding carboxylic acids is 1. The molecule has 0 aromatic carbocycles. The number of Topliss-reactive ketones (excluding diaryl/α,β-unsaturated/α-hetero) is 1. The maximum Gasteiger partial charge on any atom is 0.265 e. The van der Waals surface area contributed by atoms with Crippen LogP contribution in [-0.2, 0) is 0 Å². The van der Waals surface area contributed by atoms with Gasteiger partial charge in [-0.3, -0.25) is 4.79 Å². The highest BCUT2D eigenvalue weighted by Crippen LogP contribution is 2.04. The van der Waals surface area contributed by atoms with Crippen molar-refractivity contribution in [3.8, 4) is 0 Å². The van der Waals surface area contributed by atoms with Gasteiger partial charge in [0.05, 0.1) is 11.7 Å². The number of nitrogens with zero attached hydrogens (tertiary/aromatic N) is 1. The summed E-state index contributed by atoms with van der Waals surface area (Å²) in [5, 5.41) is 0. The molecule has 0 aliphatic carbocycles. The summed E-state index contributed by atoms with van der Waals surface area (Å²) < 4.78 is 4.91. The molecule has 1 aromatic rings. The molecule has 0 fully saturated rings. The second-order valence-electron chi connectivity index (χ2n) is 2.67. The number of rotatable bonds is 3. The monoisotopic (exact) mass is 168 g/mol. The summed E-state index contributed by atoms with van der Waals surface area (Å²) in [5.74, 6) is -0.118. The topological polar surface area (TPSA) is 69.1 Å². The molecular weight excluding hydrogens is 156 g/mol. The van der Waals surface area contributed by atoms with E-state index in [-0.39, 0.29) is 11.7 Å². The molecule has 0 saturated carbocycles. The summed E-state index contributed by atoms with van der Waals surface area (Å²) in [6.45, 7) is 3.61. The molecule has 1 heterocycles. The van der Waals surface area contributed by atoms with Gasteiger partial charge in [-0.1, -0.05) is 6.92 Å². The SMILES string of the molecule is CCC(N)C(=O)c1nc(C)co1. The number of carbonyl (C=O) groups is 1. The summed E-state index contributed by atoms with van der Waals surface area (Å²) >= 11 is 0. The first-order valence-corrected chi connectivity index (χ1v) is 3.87. The van der Waals surface area contributed by atoms with Gasteiger partial charge in [-0.05, 0) is 13.3 Å². The van der Waals surface area contributed by atoms with E-state index < -0.39 is 6.04 Å². The molecule has 1 unspecified atom stereocenters. The zero-order valence-electron chi connectivity index (χ0n) is 7.20. The number of aryl methyl sites for hydroxylation is 1. The van der Waals surface area contributed by atoms with Crippen LogP contribution in [0.1, 0.15) is 29.7 Å². The van der Waals surface area contributed by atoms with E-state index in [1.807, 2.05) is 6.92 Å². The lowest BCUT2D eigenvalue weighted by Crippen LogP contribution is -2.29. The number of oxazole rings is 1. The highest BCUT2D eigenvalue weighted by atomic mass is 16.3. The Morgan fingerprint density at radius 1 is 1.83 bits per heavy atom. The van der Waals surface area contributed by atoms with Crippen molar-refractivity contribution in [2.24, 2.45) is 5.73 Å². The van der Waals surface area contributed by atoms with E-state index in [1.54, 1.807) is 6.92 Å². The summed E-state index contributed by atoms with van der Waals surface area (Å²) in [4.78, 5) is 15.2.